The topological polar surface area (TPSA) is 23.9 Å². The second-order valence-electron chi connectivity index (χ2n) is 2.08. The van der Waals surface area contributed by atoms with Crippen LogP contribution >= 0.6 is 12.6 Å². The Balaban J connectivity index is 3.95. The van der Waals surface area contributed by atoms with Gasteiger partial charge >= 0.3 is 0 Å². The number of hydrogen-bond acceptors (Lipinski definition) is 2. The van der Waals surface area contributed by atoms with E-state index in [2.05, 4.69) is 26.5 Å². The first kappa shape index (κ1) is 8.76. The van der Waals surface area contributed by atoms with Gasteiger partial charge in [0.2, 0.25) is 0 Å². The highest BCUT2D eigenvalue weighted by molar-refractivity contribution is 7.83. The van der Waals surface area contributed by atoms with Gasteiger partial charge in [-0.3, -0.25) is 0 Å². The van der Waals surface area contributed by atoms with Crippen molar-refractivity contribution in [2.45, 2.75) is 20.3 Å². The van der Waals surface area contributed by atoms with Gasteiger partial charge in [-0.25, -0.2) is 0 Å². The smallest absolute Gasteiger partial charge is 0.0217 e. The van der Waals surface area contributed by atoms with Crippen molar-refractivity contribution in [2.24, 2.45) is 5.92 Å². The minimum atomic E-state index is 0.472. The van der Waals surface area contributed by atoms with E-state index in [0.717, 1.165) is 12.0 Å². The zero-order valence-electron chi connectivity index (χ0n) is 5.89. The lowest BCUT2D eigenvalue weighted by atomic mass is 10.0. The quantitative estimate of drug-likeness (QED) is 0.448. The van der Waals surface area contributed by atoms with Crippen molar-refractivity contribution < 1.29 is 0 Å². The molecule has 0 aliphatic rings. The molecular weight excluding hydrogens is 130 g/mol. The van der Waals surface area contributed by atoms with Crippen LogP contribution in [-0.4, -0.2) is 6.21 Å². The standard InChI is InChI=1S/C7H13NS/c1-3-6(2)7(4-8)5-9/h4-6,8-9H,3H2,1-2H3/b7-5+,8-4?. The molecule has 0 heterocycles. The summed E-state index contributed by atoms with van der Waals surface area (Å²) in [6, 6.07) is 0. The van der Waals surface area contributed by atoms with Crippen molar-refractivity contribution in [1.29, 1.82) is 5.41 Å². The van der Waals surface area contributed by atoms with Crippen LogP contribution in [0.25, 0.3) is 0 Å². The normalized spacial score (nSPS) is 15.2. The molecule has 1 nitrogen and oxygen atoms in total. The Morgan fingerprint density at radius 2 is 2.33 bits per heavy atom. The van der Waals surface area contributed by atoms with E-state index >= 15 is 0 Å². The molecule has 0 amide bonds. The molecule has 0 spiro atoms. The third-order valence-corrected chi connectivity index (χ3v) is 1.80. The second-order valence-corrected chi connectivity index (χ2v) is 2.34. The summed E-state index contributed by atoms with van der Waals surface area (Å²) in [6.07, 6.45) is 2.43. The van der Waals surface area contributed by atoms with Gasteiger partial charge in [-0.1, -0.05) is 13.8 Å². The Kier molecular flexibility index (Phi) is 4.50. The molecule has 1 unspecified atom stereocenters. The molecule has 52 valence electrons. The molecule has 2 heteroatoms. The van der Waals surface area contributed by atoms with Crippen LogP contribution < -0.4 is 0 Å². The Morgan fingerprint density at radius 3 is 2.44 bits per heavy atom. The summed E-state index contributed by atoms with van der Waals surface area (Å²) in [6.45, 7) is 4.19. The van der Waals surface area contributed by atoms with Crippen LogP contribution in [0, 0.1) is 11.3 Å². The van der Waals surface area contributed by atoms with Crippen molar-refractivity contribution in [1.82, 2.24) is 0 Å². The minimum Gasteiger partial charge on any atom is -0.308 e. The SMILES string of the molecule is CCC(C)/C(C=N)=C/S. The third kappa shape index (κ3) is 2.70. The van der Waals surface area contributed by atoms with Crippen LogP contribution in [0.1, 0.15) is 20.3 Å². The fraction of sp³-hybridized carbons (Fsp3) is 0.571. The number of nitrogens with one attached hydrogen (secondary N) is 1. The first-order valence-electron chi connectivity index (χ1n) is 3.11. The Bertz CT molecular complexity index is 118. The fourth-order valence-electron chi connectivity index (χ4n) is 0.542. The summed E-state index contributed by atoms with van der Waals surface area (Å²) in [5.74, 6) is 0.472. The molecule has 0 fully saturated rings. The van der Waals surface area contributed by atoms with E-state index in [4.69, 9.17) is 5.41 Å². The fourth-order valence-corrected chi connectivity index (χ4v) is 0.871. The molecule has 0 radical (unpaired) electrons. The van der Waals surface area contributed by atoms with E-state index in [-0.39, 0.29) is 0 Å². The predicted octanol–water partition coefficient (Wildman–Crippen LogP) is 2.50. The molecule has 1 N–H and O–H groups in total. The summed E-state index contributed by atoms with van der Waals surface area (Å²) < 4.78 is 0. The Hall–Kier alpha value is -0.240. The van der Waals surface area contributed by atoms with Gasteiger partial charge in [-0.2, -0.15) is 12.6 Å². The molecule has 0 rings (SSSR count). The van der Waals surface area contributed by atoms with E-state index in [9.17, 15) is 0 Å². The Labute approximate surface area is 62.1 Å². The van der Waals surface area contributed by atoms with Gasteiger partial charge in [-0.05, 0) is 23.3 Å². The molecule has 9 heavy (non-hydrogen) atoms. The number of allylic oxidation sites excluding steroid dienone is 1. The van der Waals surface area contributed by atoms with Crippen LogP contribution in [-0.2, 0) is 0 Å². The molecule has 0 saturated carbocycles. The van der Waals surface area contributed by atoms with Gasteiger partial charge in [-0.15, -0.1) is 0 Å². The number of hydrogen-bond donors (Lipinski definition) is 2. The van der Waals surface area contributed by atoms with E-state index in [1.807, 2.05) is 0 Å². The van der Waals surface area contributed by atoms with Crippen LogP contribution in [0.2, 0.25) is 0 Å². The predicted molar refractivity (Wildman–Crippen MR) is 45.3 cm³/mol. The molecule has 0 bridgehead atoms. The van der Waals surface area contributed by atoms with Gasteiger partial charge < -0.3 is 5.41 Å². The molecule has 0 aromatic heterocycles. The van der Waals surface area contributed by atoms with E-state index < -0.39 is 0 Å². The number of rotatable bonds is 3. The maximum Gasteiger partial charge on any atom is 0.0217 e. The van der Waals surface area contributed by atoms with Crippen molar-refractivity contribution in [2.75, 3.05) is 0 Å². The molecule has 0 aliphatic heterocycles. The largest absolute Gasteiger partial charge is 0.308 e. The monoisotopic (exact) mass is 143 g/mol. The van der Waals surface area contributed by atoms with Crippen molar-refractivity contribution in [3.63, 3.8) is 0 Å². The summed E-state index contributed by atoms with van der Waals surface area (Å²) in [7, 11) is 0. The summed E-state index contributed by atoms with van der Waals surface area (Å²) in [5.41, 5.74) is 1.00. The molecule has 0 aromatic rings. The average molecular weight is 143 g/mol. The van der Waals surface area contributed by atoms with Crippen molar-refractivity contribution in [3.05, 3.63) is 11.0 Å². The van der Waals surface area contributed by atoms with Crippen LogP contribution in [0.15, 0.2) is 11.0 Å². The third-order valence-electron chi connectivity index (χ3n) is 1.50. The Morgan fingerprint density at radius 1 is 1.78 bits per heavy atom. The summed E-state index contributed by atoms with van der Waals surface area (Å²) in [4.78, 5) is 0. The minimum absolute atomic E-state index is 0.472. The van der Waals surface area contributed by atoms with Crippen LogP contribution in [0.5, 0.6) is 0 Å². The highest BCUT2D eigenvalue weighted by Crippen LogP contribution is 2.11. The lowest BCUT2D eigenvalue weighted by Gasteiger charge is -2.06. The molecule has 1 atom stereocenters. The molecule has 0 aliphatic carbocycles. The molecule has 0 aromatic carbocycles. The zero-order valence-corrected chi connectivity index (χ0v) is 6.78. The first-order chi connectivity index (χ1) is 4.26. The second kappa shape index (κ2) is 4.62. The highest BCUT2D eigenvalue weighted by Gasteiger charge is 2.00. The lowest BCUT2D eigenvalue weighted by Crippen LogP contribution is -1.96. The molecule has 0 saturated heterocycles. The zero-order chi connectivity index (χ0) is 7.28. The van der Waals surface area contributed by atoms with E-state index in [1.54, 1.807) is 5.41 Å². The van der Waals surface area contributed by atoms with Crippen LogP contribution in [0.4, 0.5) is 0 Å². The van der Waals surface area contributed by atoms with E-state index in [1.165, 1.54) is 6.21 Å². The lowest BCUT2D eigenvalue weighted by molar-refractivity contribution is 0.681. The molecular formula is C7H13NS. The number of thiol groups is 1. The van der Waals surface area contributed by atoms with Crippen molar-refractivity contribution >= 4 is 18.8 Å². The van der Waals surface area contributed by atoms with Crippen LogP contribution in [0.3, 0.4) is 0 Å². The van der Waals surface area contributed by atoms with Gasteiger partial charge in [0.25, 0.3) is 0 Å². The van der Waals surface area contributed by atoms with E-state index in [0.29, 0.717) is 5.92 Å². The average Bonchev–Trinajstić information content (AvgIpc) is 1.90. The van der Waals surface area contributed by atoms with Crippen molar-refractivity contribution in [3.8, 4) is 0 Å². The summed E-state index contributed by atoms with van der Waals surface area (Å²) >= 11 is 3.98. The maximum atomic E-state index is 6.95. The first-order valence-corrected chi connectivity index (χ1v) is 3.62. The maximum absolute atomic E-state index is 6.95. The highest BCUT2D eigenvalue weighted by atomic mass is 32.1. The van der Waals surface area contributed by atoms with Gasteiger partial charge in [0.1, 0.15) is 0 Å². The van der Waals surface area contributed by atoms with Gasteiger partial charge in [0.15, 0.2) is 0 Å². The van der Waals surface area contributed by atoms with Gasteiger partial charge in [0, 0.05) is 6.21 Å². The van der Waals surface area contributed by atoms with Gasteiger partial charge in [0.05, 0.1) is 0 Å². The summed E-state index contributed by atoms with van der Waals surface area (Å²) in [5, 5.41) is 8.65.